The molecule has 1 N–H and O–H groups in total. The Kier molecular flexibility index (Phi) is 11.5. The number of nitrogens with zero attached hydrogens (tertiary/aromatic N) is 2. The van der Waals surface area contributed by atoms with E-state index < -0.39 is 28.5 Å². The Morgan fingerprint density at radius 3 is 2.17 bits per heavy atom. The Bertz CT molecular complexity index is 1760. The molecule has 2 amide bonds. The summed E-state index contributed by atoms with van der Waals surface area (Å²) in [5, 5.41) is 3.23. The third-order valence-corrected chi connectivity index (χ3v) is 9.61. The highest BCUT2D eigenvalue weighted by Crippen LogP contribution is 2.35. The van der Waals surface area contributed by atoms with Gasteiger partial charge in [-0.3, -0.25) is 13.9 Å². The quantitative estimate of drug-likeness (QED) is 0.181. The molecule has 4 rings (SSSR count). The van der Waals surface area contributed by atoms with Crippen molar-refractivity contribution in [2.24, 2.45) is 0 Å². The van der Waals surface area contributed by atoms with Gasteiger partial charge in [0, 0.05) is 24.0 Å². The van der Waals surface area contributed by atoms with Gasteiger partial charge in [0.25, 0.3) is 10.0 Å². The summed E-state index contributed by atoms with van der Waals surface area (Å²) in [6.07, 6.45) is 0.224. The molecule has 0 aliphatic heterocycles. The monoisotopic (exact) mass is 661 g/mol. The van der Waals surface area contributed by atoms with E-state index >= 15 is 0 Å². The number of ether oxygens (including phenoxy) is 1. The minimum atomic E-state index is -4.31. The number of anilines is 1. The van der Waals surface area contributed by atoms with E-state index in [0.717, 1.165) is 26.6 Å². The predicted molar refractivity (Wildman–Crippen MR) is 183 cm³/mol. The third kappa shape index (κ3) is 8.47. The van der Waals surface area contributed by atoms with Crippen LogP contribution in [0.2, 0.25) is 5.02 Å². The number of rotatable bonds is 13. The second kappa shape index (κ2) is 15.3. The Balaban J connectivity index is 1.86. The lowest BCUT2D eigenvalue weighted by atomic mass is 10.0. The standard InChI is InChI=1S/C36H40ClN3O5S/c1-25(2)38-36(42)33(21-28-12-7-6-8-13-28)39(23-29-14-10-9-11-27(29)4)35(41)24-40(32-22-30(37)17-20-34(32)45-5)46(43,44)31-18-15-26(3)16-19-31/h6-20,22,25,33H,21,23-24H2,1-5H3,(H,38,42). The fourth-order valence-corrected chi connectivity index (χ4v) is 6.70. The van der Waals surface area contributed by atoms with Crippen LogP contribution in [0, 0.1) is 13.8 Å². The minimum absolute atomic E-state index is 0.00299. The van der Waals surface area contributed by atoms with Crippen molar-refractivity contribution in [2.75, 3.05) is 18.0 Å². The Morgan fingerprint density at radius 1 is 0.891 bits per heavy atom. The molecule has 0 aromatic heterocycles. The second-order valence-corrected chi connectivity index (χ2v) is 13.8. The number of hydrogen-bond donors (Lipinski definition) is 1. The first kappa shape index (κ1) is 34.5. The van der Waals surface area contributed by atoms with E-state index in [-0.39, 0.29) is 46.3 Å². The highest BCUT2D eigenvalue weighted by molar-refractivity contribution is 7.92. The van der Waals surface area contributed by atoms with Crippen molar-refractivity contribution < 1.29 is 22.7 Å². The van der Waals surface area contributed by atoms with Gasteiger partial charge in [0.2, 0.25) is 11.8 Å². The molecule has 46 heavy (non-hydrogen) atoms. The molecule has 4 aromatic rings. The molecule has 8 nitrogen and oxygen atoms in total. The molecule has 4 aromatic carbocycles. The summed E-state index contributed by atoms with van der Waals surface area (Å²) < 4.78 is 35.2. The largest absolute Gasteiger partial charge is 0.495 e. The van der Waals surface area contributed by atoms with Crippen molar-refractivity contribution >= 4 is 39.1 Å². The lowest BCUT2D eigenvalue weighted by molar-refractivity contribution is -0.140. The number of methoxy groups -OCH3 is 1. The second-order valence-electron chi connectivity index (χ2n) is 11.5. The zero-order valence-electron chi connectivity index (χ0n) is 26.7. The summed E-state index contributed by atoms with van der Waals surface area (Å²) >= 11 is 6.36. The van der Waals surface area contributed by atoms with Crippen molar-refractivity contribution in [3.8, 4) is 5.75 Å². The first-order valence-electron chi connectivity index (χ1n) is 15.0. The normalized spacial score (nSPS) is 12.0. The Hall–Kier alpha value is -4.34. The number of halogens is 1. The number of hydrogen-bond acceptors (Lipinski definition) is 5. The van der Waals surface area contributed by atoms with E-state index in [1.807, 2.05) is 82.3 Å². The summed E-state index contributed by atoms with van der Waals surface area (Å²) in [5.74, 6) is -0.688. The Morgan fingerprint density at radius 2 is 1.54 bits per heavy atom. The van der Waals surface area contributed by atoms with Crippen LogP contribution in [0.3, 0.4) is 0 Å². The minimum Gasteiger partial charge on any atom is -0.495 e. The molecule has 0 saturated heterocycles. The summed E-state index contributed by atoms with van der Waals surface area (Å²) in [7, 11) is -2.89. The molecule has 242 valence electrons. The molecule has 0 saturated carbocycles. The summed E-state index contributed by atoms with van der Waals surface area (Å²) in [6, 6.07) is 26.9. The average Bonchev–Trinajstić information content (AvgIpc) is 3.02. The highest BCUT2D eigenvalue weighted by Gasteiger charge is 2.36. The van der Waals surface area contributed by atoms with Crippen LogP contribution in [-0.4, -0.2) is 50.9 Å². The van der Waals surface area contributed by atoms with E-state index in [2.05, 4.69) is 5.32 Å². The SMILES string of the molecule is COc1ccc(Cl)cc1N(CC(=O)N(Cc1ccccc1C)C(Cc1ccccc1)C(=O)NC(C)C)S(=O)(=O)c1ccc(C)cc1. The van der Waals surface area contributed by atoms with E-state index in [1.165, 1.54) is 30.2 Å². The van der Waals surface area contributed by atoms with Gasteiger partial charge in [-0.25, -0.2) is 8.42 Å². The number of nitrogens with one attached hydrogen (secondary N) is 1. The molecule has 0 heterocycles. The first-order valence-corrected chi connectivity index (χ1v) is 16.8. The van der Waals surface area contributed by atoms with Gasteiger partial charge in [0.1, 0.15) is 18.3 Å². The lowest BCUT2D eigenvalue weighted by Crippen LogP contribution is -2.54. The summed E-state index contributed by atoms with van der Waals surface area (Å²) in [5.41, 5.74) is 3.61. The van der Waals surface area contributed by atoms with Crippen molar-refractivity contribution in [1.82, 2.24) is 10.2 Å². The molecular weight excluding hydrogens is 622 g/mol. The molecule has 0 radical (unpaired) electrons. The van der Waals surface area contributed by atoms with Crippen LogP contribution < -0.4 is 14.4 Å². The number of aryl methyl sites for hydroxylation is 2. The maximum absolute atomic E-state index is 14.6. The molecule has 0 aliphatic carbocycles. The van der Waals surface area contributed by atoms with Crippen LogP contribution in [0.1, 0.15) is 36.1 Å². The van der Waals surface area contributed by atoms with Crippen molar-refractivity contribution in [2.45, 2.75) is 57.6 Å². The van der Waals surface area contributed by atoms with Gasteiger partial charge in [0.15, 0.2) is 0 Å². The number of benzene rings is 4. The van der Waals surface area contributed by atoms with Gasteiger partial charge in [0.05, 0.1) is 17.7 Å². The van der Waals surface area contributed by atoms with Gasteiger partial charge >= 0.3 is 0 Å². The number of carbonyl (C=O) groups excluding carboxylic acids is 2. The van der Waals surface area contributed by atoms with Crippen LogP contribution in [0.4, 0.5) is 5.69 Å². The van der Waals surface area contributed by atoms with Gasteiger partial charge < -0.3 is 15.0 Å². The van der Waals surface area contributed by atoms with Crippen LogP contribution in [0.5, 0.6) is 5.75 Å². The van der Waals surface area contributed by atoms with E-state index in [9.17, 15) is 18.0 Å². The lowest BCUT2D eigenvalue weighted by Gasteiger charge is -2.34. The fourth-order valence-electron chi connectivity index (χ4n) is 5.11. The van der Waals surface area contributed by atoms with E-state index in [4.69, 9.17) is 16.3 Å². The van der Waals surface area contributed by atoms with E-state index in [1.54, 1.807) is 24.3 Å². The maximum Gasteiger partial charge on any atom is 0.264 e. The first-order chi connectivity index (χ1) is 21.9. The molecule has 0 aliphatic rings. The molecule has 10 heteroatoms. The zero-order valence-corrected chi connectivity index (χ0v) is 28.3. The number of carbonyl (C=O) groups is 2. The van der Waals surface area contributed by atoms with Crippen LogP contribution in [0.15, 0.2) is 102 Å². The maximum atomic E-state index is 14.6. The van der Waals surface area contributed by atoms with Crippen molar-refractivity contribution in [3.63, 3.8) is 0 Å². The molecule has 0 fully saturated rings. The van der Waals surface area contributed by atoms with Gasteiger partial charge in [-0.15, -0.1) is 0 Å². The Labute approximate surface area is 277 Å². The molecule has 1 unspecified atom stereocenters. The van der Waals surface area contributed by atoms with Crippen LogP contribution in [-0.2, 0) is 32.6 Å². The highest BCUT2D eigenvalue weighted by atomic mass is 35.5. The van der Waals surface area contributed by atoms with E-state index in [0.29, 0.717) is 0 Å². The molecule has 0 bridgehead atoms. The predicted octanol–water partition coefficient (Wildman–Crippen LogP) is 6.33. The third-order valence-electron chi connectivity index (χ3n) is 7.60. The summed E-state index contributed by atoms with van der Waals surface area (Å²) in [4.78, 5) is 30.0. The van der Waals surface area contributed by atoms with Gasteiger partial charge in [-0.2, -0.15) is 0 Å². The molecule has 0 spiro atoms. The van der Waals surface area contributed by atoms with Gasteiger partial charge in [-0.05, 0) is 74.7 Å². The average molecular weight is 662 g/mol. The number of sulfonamides is 1. The van der Waals surface area contributed by atoms with Crippen molar-refractivity contribution in [3.05, 3.63) is 124 Å². The topological polar surface area (TPSA) is 96.0 Å². The van der Waals surface area contributed by atoms with Crippen LogP contribution in [0.25, 0.3) is 0 Å². The molecular formula is C36H40ClN3O5S. The summed E-state index contributed by atoms with van der Waals surface area (Å²) in [6.45, 7) is 6.97. The molecule has 1 atom stereocenters. The van der Waals surface area contributed by atoms with Crippen molar-refractivity contribution in [1.29, 1.82) is 0 Å². The fraction of sp³-hybridized carbons (Fsp3) is 0.278. The zero-order chi connectivity index (χ0) is 33.4. The van der Waals surface area contributed by atoms with Crippen LogP contribution >= 0.6 is 11.6 Å². The smallest absolute Gasteiger partial charge is 0.264 e. The number of amides is 2. The van der Waals surface area contributed by atoms with Gasteiger partial charge in [-0.1, -0.05) is 83.9 Å².